The van der Waals surface area contributed by atoms with Crippen LogP contribution in [0.2, 0.25) is 0 Å². The largest absolute Gasteiger partial charge is 0.477 e. The van der Waals surface area contributed by atoms with Crippen molar-refractivity contribution in [3.8, 4) is 0 Å². The van der Waals surface area contributed by atoms with Crippen molar-refractivity contribution >= 4 is 17.7 Å². The fraction of sp³-hybridized carbons (Fsp3) is 0.417. The van der Waals surface area contributed by atoms with Crippen molar-refractivity contribution in [1.82, 2.24) is 9.88 Å². The number of nitrogens with one attached hydrogen (secondary N) is 1. The van der Waals surface area contributed by atoms with Crippen LogP contribution in [0.5, 0.6) is 0 Å². The maximum absolute atomic E-state index is 11.9. The van der Waals surface area contributed by atoms with Gasteiger partial charge in [-0.1, -0.05) is 0 Å². The lowest BCUT2D eigenvalue weighted by molar-refractivity contribution is -0.118. The lowest BCUT2D eigenvalue weighted by atomic mass is 10.1. The summed E-state index contributed by atoms with van der Waals surface area (Å²) in [5, 5.41) is 11.4. The second kappa shape index (κ2) is 4.64. The molecule has 1 heterocycles. The quantitative estimate of drug-likeness (QED) is 0.615. The van der Waals surface area contributed by atoms with Crippen LogP contribution in [0.1, 0.15) is 41.7 Å². The molecule has 0 saturated heterocycles. The number of aromatic nitrogens is 1. The molecule has 0 aliphatic rings. The van der Waals surface area contributed by atoms with E-state index in [1.807, 2.05) is 0 Å². The maximum Gasteiger partial charge on any atom is 0.352 e. The first-order valence-electron chi connectivity index (χ1n) is 5.39. The Morgan fingerprint density at radius 1 is 1.17 bits per heavy atom. The number of carboxylic acid groups (broad SMARTS) is 1. The molecule has 0 bridgehead atoms. The van der Waals surface area contributed by atoms with E-state index >= 15 is 0 Å². The number of ketones is 1. The van der Waals surface area contributed by atoms with Gasteiger partial charge in [0.15, 0.2) is 0 Å². The van der Waals surface area contributed by atoms with Gasteiger partial charge in [-0.05, 0) is 32.9 Å². The summed E-state index contributed by atoms with van der Waals surface area (Å²) in [5.41, 5.74) is -0.510. The van der Waals surface area contributed by atoms with Gasteiger partial charge in [0.05, 0.1) is 5.69 Å². The molecule has 0 aromatic carbocycles. The third-order valence-electron chi connectivity index (χ3n) is 2.27. The summed E-state index contributed by atoms with van der Waals surface area (Å²) in [4.78, 5) is 34.3. The standard InChI is InChI=1S/C12H16N2O4/c1-12(2,3)13-10(16)9(15)7-5-6-8(11(17)18)14(7)4/h5-6H,1-4H3,(H,13,16)(H,17,18). The van der Waals surface area contributed by atoms with Crippen LogP contribution < -0.4 is 5.32 Å². The highest BCUT2D eigenvalue weighted by molar-refractivity contribution is 6.42. The normalized spacial score (nSPS) is 11.1. The first kappa shape index (κ1) is 14.0. The van der Waals surface area contributed by atoms with E-state index in [9.17, 15) is 14.4 Å². The molecule has 0 atom stereocenters. The molecule has 0 fully saturated rings. The molecular weight excluding hydrogens is 236 g/mol. The second-order valence-corrected chi connectivity index (χ2v) is 5.00. The number of hydrogen-bond acceptors (Lipinski definition) is 3. The van der Waals surface area contributed by atoms with E-state index in [1.165, 1.54) is 23.7 Å². The van der Waals surface area contributed by atoms with Gasteiger partial charge in [-0.2, -0.15) is 0 Å². The van der Waals surface area contributed by atoms with E-state index < -0.39 is 23.2 Å². The van der Waals surface area contributed by atoms with Crippen LogP contribution in [0.3, 0.4) is 0 Å². The Morgan fingerprint density at radius 2 is 1.67 bits per heavy atom. The van der Waals surface area contributed by atoms with Crippen LogP contribution in [-0.4, -0.2) is 32.9 Å². The average molecular weight is 252 g/mol. The molecule has 2 N–H and O–H groups in total. The Morgan fingerprint density at radius 3 is 2.06 bits per heavy atom. The molecule has 1 aromatic rings. The number of amides is 1. The molecule has 18 heavy (non-hydrogen) atoms. The number of rotatable bonds is 3. The molecule has 1 amide bonds. The summed E-state index contributed by atoms with van der Waals surface area (Å²) >= 11 is 0. The second-order valence-electron chi connectivity index (χ2n) is 5.00. The van der Waals surface area contributed by atoms with Gasteiger partial charge >= 0.3 is 5.97 Å². The van der Waals surface area contributed by atoms with Gasteiger partial charge in [0.25, 0.3) is 11.7 Å². The van der Waals surface area contributed by atoms with Gasteiger partial charge in [0.1, 0.15) is 5.69 Å². The highest BCUT2D eigenvalue weighted by Gasteiger charge is 2.25. The van der Waals surface area contributed by atoms with Gasteiger partial charge in [0.2, 0.25) is 0 Å². The molecule has 0 saturated carbocycles. The zero-order valence-corrected chi connectivity index (χ0v) is 10.8. The summed E-state index contributed by atoms with van der Waals surface area (Å²) in [5.74, 6) is -2.65. The first-order valence-corrected chi connectivity index (χ1v) is 5.39. The number of Topliss-reactive ketones (excluding diaryl/α,β-unsaturated/α-hetero) is 1. The molecule has 0 unspecified atom stereocenters. The maximum atomic E-state index is 11.9. The average Bonchev–Trinajstić information content (AvgIpc) is 2.56. The van der Waals surface area contributed by atoms with Crippen molar-refractivity contribution in [1.29, 1.82) is 0 Å². The number of nitrogens with zero attached hydrogens (tertiary/aromatic N) is 1. The topological polar surface area (TPSA) is 88.4 Å². The molecule has 98 valence electrons. The minimum atomic E-state index is -1.15. The van der Waals surface area contributed by atoms with Crippen molar-refractivity contribution in [3.63, 3.8) is 0 Å². The van der Waals surface area contributed by atoms with Crippen molar-refractivity contribution < 1.29 is 19.5 Å². The highest BCUT2D eigenvalue weighted by atomic mass is 16.4. The predicted molar refractivity (Wildman–Crippen MR) is 64.6 cm³/mol. The van der Waals surface area contributed by atoms with Crippen molar-refractivity contribution in [2.24, 2.45) is 7.05 Å². The van der Waals surface area contributed by atoms with Gasteiger partial charge in [-0.25, -0.2) is 4.79 Å². The van der Waals surface area contributed by atoms with Crippen LogP contribution in [0.15, 0.2) is 12.1 Å². The van der Waals surface area contributed by atoms with E-state index in [-0.39, 0.29) is 11.4 Å². The number of carbonyl (C=O) groups is 3. The third-order valence-corrected chi connectivity index (χ3v) is 2.27. The smallest absolute Gasteiger partial charge is 0.352 e. The minimum Gasteiger partial charge on any atom is -0.477 e. The molecule has 0 aliphatic carbocycles. The van der Waals surface area contributed by atoms with Gasteiger partial charge in [-0.3, -0.25) is 9.59 Å². The fourth-order valence-corrected chi connectivity index (χ4v) is 1.47. The van der Waals surface area contributed by atoms with Crippen molar-refractivity contribution in [2.75, 3.05) is 0 Å². The zero-order valence-electron chi connectivity index (χ0n) is 10.8. The predicted octanol–water partition coefficient (Wildman–Crippen LogP) is 0.821. The van der Waals surface area contributed by atoms with E-state index in [2.05, 4.69) is 5.32 Å². The molecule has 1 rings (SSSR count). The summed E-state index contributed by atoms with van der Waals surface area (Å²) in [6, 6.07) is 2.62. The number of hydrogen-bond donors (Lipinski definition) is 2. The summed E-state index contributed by atoms with van der Waals surface area (Å²) in [6.45, 7) is 5.27. The van der Waals surface area contributed by atoms with E-state index in [0.29, 0.717) is 0 Å². The lowest BCUT2D eigenvalue weighted by Gasteiger charge is -2.19. The number of aromatic carboxylic acids is 1. The molecule has 6 nitrogen and oxygen atoms in total. The van der Waals surface area contributed by atoms with Crippen LogP contribution in [0.4, 0.5) is 0 Å². The summed E-state index contributed by atoms with van der Waals surface area (Å²) < 4.78 is 1.19. The van der Waals surface area contributed by atoms with Crippen LogP contribution >= 0.6 is 0 Å². The Kier molecular flexibility index (Phi) is 3.59. The Bertz CT molecular complexity index is 509. The fourth-order valence-electron chi connectivity index (χ4n) is 1.47. The van der Waals surface area contributed by atoms with Crippen LogP contribution in [-0.2, 0) is 11.8 Å². The molecule has 0 aliphatic heterocycles. The molecule has 0 radical (unpaired) electrons. The van der Waals surface area contributed by atoms with Crippen molar-refractivity contribution in [2.45, 2.75) is 26.3 Å². The monoisotopic (exact) mass is 252 g/mol. The minimum absolute atomic E-state index is 0.0399. The van der Waals surface area contributed by atoms with Crippen LogP contribution in [0, 0.1) is 0 Å². The molecule has 1 aromatic heterocycles. The van der Waals surface area contributed by atoms with E-state index in [4.69, 9.17) is 5.11 Å². The lowest BCUT2D eigenvalue weighted by Crippen LogP contribution is -2.44. The van der Waals surface area contributed by atoms with Gasteiger partial charge < -0.3 is 15.0 Å². The number of carboxylic acids is 1. The summed E-state index contributed by atoms with van der Waals surface area (Å²) in [7, 11) is 1.43. The van der Waals surface area contributed by atoms with E-state index in [1.54, 1.807) is 20.8 Å². The van der Waals surface area contributed by atoms with Gasteiger partial charge in [-0.15, -0.1) is 0 Å². The van der Waals surface area contributed by atoms with Crippen molar-refractivity contribution in [3.05, 3.63) is 23.5 Å². The Labute approximate surface area is 105 Å². The zero-order chi connectivity index (χ0) is 14.1. The first-order chi connectivity index (χ1) is 8.13. The number of carbonyl (C=O) groups excluding carboxylic acids is 2. The Balaban J connectivity index is 2.99. The molecular formula is C12H16N2O4. The Hall–Kier alpha value is -2.11. The molecule has 6 heteroatoms. The third kappa shape index (κ3) is 2.97. The summed E-state index contributed by atoms with van der Waals surface area (Å²) in [6.07, 6.45) is 0. The van der Waals surface area contributed by atoms with Crippen LogP contribution in [0.25, 0.3) is 0 Å². The van der Waals surface area contributed by atoms with Gasteiger partial charge in [0, 0.05) is 12.6 Å². The molecule has 0 spiro atoms. The SMILES string of the molecule is Cn1c(C(=O)O)ccc1C(=O)C(=O)NC(C)(C)C. The highest BCUT2D eigenvalue weighted by Crippen LogP contribution is 2.09. The van der Waals surface area contributed by atoms with E-state index in [0.717, 1.165) is 0 Å².